The molecule has 3 N–H and O–H groups in total. The van der Waals surface area contributed by atoms with Crippen molar-refractivity contribution in [3.05, 3.63) is 34.9 Å². The smallest absolute Gasteiger partial charge is 0.115 e. The molecule has 92 valence electrons. The van der Waals surface area contributed by atoms with Crippen molar-refractivity contribution in [2.75, 3.05) is 0 Å². The standard InChI is InChI=1S/C13H18ClN3/c14-11-5-3-4-10(8-11)9-13(17-15)16-12-6-1-2-7-12/h3-5,8,12H,1-2,6-7,9,15H2,(H,16,17). The normalized spacial score (nSPS) is 17.4. The number of benzene rings is 1. The molecule has 0 bridgehead atoms. The monoisotopic (exact) mass is 251 g/mol. The van der Waals surface area contributed by atoms with Crippen LogP contribution in [0.4, 0.5) is 0 Å². The molecule has 0 spiro atoms. The van der Waals surface area contributed by atoms with Crippen LogP contribution in [0, 0.1) is 0 Å². The summed E-state index contributed by atoms with van der Waals surface area (Å²) in [6, 6.07) is 8.24. The molecule has 2 rings (SSSR count). The van der Waals surface area contributed by atoms with E-state index < -0.39 is 0 Å². The van der Waals surface area contributed by atoms with E-state index in [9.17, 15) is 0 Å². The summed E-state index contributed by atoms with van der Waals surface area (Å²) in [6.07, 6.45) is 5.64. The maximum atomic E-state index is 5.95. The van der Waals surface area contributed by atoms with Crippen LogP contribution in [-0.4, -0.2) is 11.9 Å². The van der Waals surface area contributed by atoms with Gasteiger partial charge in [0, 0.05) is 11.4 Å². The Bertz CT molecular complexity index is 397. The Morgan fingerprint density at radius 1 is 1.41 bits per heavy atom. The highest BCUT2D eigenvalue weighted by Crippen LogP contribution is 2.21. The Hall–Kier alpha value is -1.06. The number of nitrogens with zero attached hydrogens (tertiary/aromatic N) is 1. The van der Waals surface area contributed by atoms with Crippen molar-refractivity contribution in [3.8, 4) is 0 Å². The molecule has 0 amide bonds. The number of aliphatic imine (C=N–C) groups is 1. The molecule has 1 aromatic carbocycles. The highest BCUT2D eigenvalue weighted by molar-refractivity contribution is 6.30. The molecular formula is C13H18ClN3. The van der Waals surface area contributed by atoms with E-state index in [1.165, 1.54) is 25.7 Å². The first kappa shape index (κ1) is 12.4. The fourth-order valence-electron chi connectivity index (χ4n) is 2.23. The lowest BCUT2D eigenvalue weighted by Gasteiger charge is -2.09. The van der Waals surface area contributed by atoms with Gasteiger partial charge in [0.15, 0.2) is 0 Å². The number of amidine groups is 1. The molecule has 0 heterocycles. The second-order valence-corrected chi connectivity index (χ2v) is 4.90. The minimum absolute atomic E-state index is 0.445. The second kappa shape index (κ2) is 6.03. The number of rotatable bonds is 3. The van der Waals surface area contributed by atoms with Gasteiger partial charge < -0.3 is 5.43 Å². The molecule has 3 nitrogen and oxygen atoms in total. The Labute approximate surface area is 107 Å². The molecule has 0 atom stereocenters. The first-order valence-corrected chi connectivity index (χ1v) is 6.43. The van der Waals surface area contributed by atoms with Crippen LogP contribution in [0.5, 0.6) is 0 Å². The van der Waals surface area contributed by atoms with Gasteiger partial charge in [-0.2, -0.15) is 0 Å². The van der Waals surface area contributed by atoms with Gasteiger partial charge in [-0.3, -0.25) is 4.99 Å². The van der Waals surface area contributed by atoms with Gasteiger partial charge in [-0.25, -0.2) is 5.84 Å². The van der Waals surface area contributed by atoms with E-state index in [2.05, 4.69) is 10.4 Å². The minimum Gasteiger partial charge on any atom is -0.312 e. The lowest BCUT2D eigenvalue weighted by Crippen LogP contribution is -2.33. The lowest BCUT2D eigenvalue weighted by atomic mass is 10.1. The molecule has 1 aliphatic carbocycles. The lowest BCUT2D eigenvalue weighted by molar-refractivity contribution is 0.697. The molecule has 0 unspecified atom stereocenters. The molecule has 4 heteroatoms. The van der Waals surface area contributed by atoms with Gasteiger partial charge in [0.25, 0.3) is 0 Å². The molecule has 1 saturated carbocycles. The molecule has 1 fully saturated rings. The van der Waals surface area contributed by atoms with Gasteiger partial charge in [-0.15, -0.1) is 0 Å². The number of nitrogens with one attached hydrogen (secondary N) is 1. The number of hydrogen-bond acceptors (Lipinski definition) is 2. The van der Waals surface area contributed by atoms with E-state index in [1.54, 1.807) is 0 Å². The summed E-state index contributed by atoms with van der Waals surface area (Å²) in [7, 11) is 0. The number of hydrogen-bond donors (Lipinski definition) is 2. The Kier molecular flexibility index (Phi) is 4.40. The third-order valence-electron chi connectivity index (χ3n) is 3.09. The Balaban J connectivity index is 2.03. The SMILES string of the molecule is NNC(Cc1cccc(Cl)c1)=NC1CCCC1. The van der Waals surface area contributed by atoms with E-state index in [4.69, 9.17) is 17.4 Å². The molecule has 0 aromatic heterocycles. The molecule has 1 aliphatic rings. The van der Waals surface area contributed by atoms with E-state index in [0.29, 0.717) is 12.5 Å². The summed E-state index contributed by atoms with van der Waals surface area (Å²) in [5.41, 5.74) is 3.84. The topological polar surface area (TPSA) is 50.4 Å². The zero-order chi connectivity index (χ0) is 12.1. The Morgan fingerprint density at radius 2 is 2.18 bits per heavy atom. The zero-order valence-corrected chi connectivity index (χ0v) is 10.6. The van der Waals surface area contributed by atoms with Crippen molar-refractivity contribution in [3.63, 3.8) is 0 Å². The molecule has 0 radical (unpaired) electrons. The second-order valence-electron chi connectivity index (χ2n) is 4.47. The quantitative estimate of drug-likeness (QED) is 0.376. The Morgan fingerprint density at radius 3 is 2.82 bits per heavy atom. The summed E-state index contributed by atoms with van der Waals surface area (Å²) in [4.78, 5) is 4.66. The van der Waals surface area contributed by atoms with Gasteiger partial charge in [0.2, 0.25) is 0 Å². The summed E-state index contributed by atoms with van der Waals surface area (Å²) in [5.74, 6) is 6.37. The highest BCUT2D eigenvalue weighted by atomic mass is 35.5. The molecule has 1 aromatic rings. The van der Waals surface area contributed by atoms with Crippen LogP contribution in [0.2, 0.25) is 5.02 Å². The van der Waals surface area contributed by atoms with Crippen molar-refractivity contribution in [2.24, 2.45) is 10.8 Å². The minimum atomic E-state index is 0.445. The van der Waals surface area contributed by atoms with Crippen LogP contribution in [0.1, 0.15) is 31.2 Å². The van der Waals surface area contributed by atoms with Crippen molar-refractivity contribution < 1.29 is 0 Å². The largest absolute Gasteiger partial charge is 0.312 e. The first-order valence-electron chi connectivity index (χ1n) is 6.05. The first-order chi connectivity index (χ1) is 8.28. The summed E-state index contributed by atoms with van der Waals surface area (Å²) in [6.45, 7) is 0. The predicted octanol–water partition coefficient (Wildman–Crippen LogP) is 2.69. The van der Waals surface area contributed by atoms with Crippen molar-refractivity contribution in [1.82, 2.24) is 5.43 Å². The van der Waals surface area contributed by atoms with E-state index in [-0.39, 0.29) is 0 Å². The van der Waals surface area contributed by atoms with Gasteiger partial charge in [0.05, 0.1) is 6.04 Å². The van der Waals surface area contributed by atoms with Crippen LogP contribution in [0.3, 0.4) is 0 Å². The number of halogens is 1. The summed E-state index contributed by atoms with van der Waals surface area (Å²) < 4.78 is 0. The van der Waals surface area contributed by atoms with Gasteiger partial charge in [-0.1, -0.05) is 36.6 Å². The van der Waals surface area contributed by atoms with Crippen LogP contribution in [0.25, 0.3) is 0 Å². The van der Waals surface area contributed by atoms with Gasteiger partial charge in [0.1, 0.15) is 5.84 Å². The summed E-state index contributed by atoms with van der Waals surface area (Å²) >= 11 is 5.95. The van der Waals surface area contributed by atoms with E-state index in [0.717, 1.165) is 16.4 Å². The molecule has 0 aliphatic heterocycles. The van der Waals surface area contributed by atoms with Crippen LogP contribution in [0.15, 0.2) is 29.3 Å². The fourth-order valence-corrected chi connectivity index (χ4v) is 2.44. The molecular weight excluding hydrogens is 234 g/mol. The van der Waals surface area contributed by atoms with Crippen LogP contribution < -0.4 is 11.3 Å². The number of nitrogens with two attached hydrogens (primary N) is 1. The van der Waals surface area contributed by atoms with E-state index in [1.807, 2.05) is 24.3 Å². The van der Waals surface area contributed by atoms with Crippen LogP contribution >= 0.6 is 11.6 Å². The maximum absolute atomic E-state index is 5.95. The fraction of sp³-hybridized carbons (Fsp3) is 0.462. The average molecular weight is 252 g/mol. The van der Waals surface area contributed by atoms with Gasteiger partial charge in [-0.05, 0) is 30.5 Å². The van der Waals surface area contributed by atoms with Crippen molar-refractivity contribution in [2.45, 2.75) is 38.1 Å². The average Bonchev–Trinajstić information content (AvgIpc) is 2.81. The third-order valence-corrected chi connectivity index (χ3v) is 3.33. The maximum Gasteiger partial charge on any atom is 0.115 e. The van der Waals surface area contributed by atoms with Crippen molar-refractivity contribution >= 4 is 17.4 Å². The van der Waals surface area contributed by atoms with Crippen LogP contribution in [-0.2, 0) is 6.42 Å². The highest BCUT2D eigenvalue weighted by Gasteiger charge is 2.14. The number of hydrazine groups is 1. The van der Waals surface area contributed by atoms with E-state index >= 15 is 0 Å². The summed E-state index contributed by atoms with van der Waals surface area (Å²) in [5, 5.41) is 0.750. The zero-order valence-electron chi connectivity index (χ0n) is 9.82. The predicted molar refractivity (Wildman–Crippen MR) is 72.2 cm³/mol. The third kappa shape index (κ3) is 3.72. The van der Waals surface area contributed by atoms with Crippen molar-refractivity contribution in [1.29, 1.82) is 0 Å². The molecule has 17 heavy (non-hydrogen) atoms. The molecule has 0 saturated heterocycles. The van der Waals surface area contributed by atoms with Gasteiger partial charge >= 0.3 is 0 Å².